The lowest BCUT2D eigenvalue weighted by molar-refractivity contribution is -0.142. The fraction of sp³-hybridized carbons (Fsp3) is 0.250. The van der Waals surface area contributed by atoms with Gasteiger partial charge in [0.1, 0.15) is 5.69 Å². The number of nitrogens with zero attached hydrogens (tertiary/aromatic N) is 1. The Hall–Kier alpha value is -2.42. The molecule has 0 saturated carbocycles. The summed E-state index contributed by atoms with van der Waals surface area (Å²) in [6.45, 7) is -0.943. The zero-order valence-corrected chi connectivity index (χ0v) is 12.5. The van der Waals surface area contributed by atoms with Crippen molar-refractivity contribution in [3.05, 3.63) is 64.5 Å². The van der Waals surface area contributed by atoms with E-state index in [1.165, 1.54) is 18.2 Å². The van der Waals surface area contributed by atoms with Crippen LogP contribution < -0.4 is 0 Å². The number of alkyl halides is 6. The van der Waals surface area contributed by atoms with E-state index in [4.69, 9.17) is 4.74 Å². The van der Waals surface area contributed by atoms with E-state index in [9.17, 15) is 31.1 Å². The molecule has 0 bridgehead atoms. The zero-order valence-electron chi connectivity index (χ0n) is 12.5. The molecule has 2 rings (SSSR count). The molecule has 25 heavy (non-hydrogen) atoms. The Bertz CT molecular complexity index is 755. The van der Waals surface area contributed by atoms with Crippen molar-refractivity contribution in [3.63, 3.8) is 0 Å². The zero-order chi connectivity index (χ0) is 18.7. The third-order valence-electron chi connectivity index (χ3n) is 3.19. The molecule has 0 unspecified atom stereocenters. The van der Waals surface area contributed by atoms with Crippen LogP contribution in [0.5, 0.6) is 0 Å². The fourth-order valence-electron chi connectivity index (χ4n) is 2.08. The fourth-order valence-corrected chi connectivity index (χ4v) is 2.08. The molecule has 0 aliphatic heterocycles. The molecule has 0 aliphatic rings. The lowest BCUT2D eigenvalue weighted by Crippen LogP contribution is -2.13. The van der Waals surface area contributed by atoms with Gasteiger partial charge in [-0.2, -0.15) is 26.3 Å². The first kappa shape index (κ1) is 18.9. The first-order valence-corrected chi connectivity index (χ1v) is 6.87. The van der Waals surface area contributed by atoms with Crippen molar-refractivity contribution in [1.82, 2.24) is 4.98 Å². The lowest BCUT2D eigenvalue weighted by atomic mass is 10.0. The van der Waals surface area contributed by atoms with Crippen molar-refractivity contribution < 1.29 is 35.9 Å². The molecule has 0 radical (unpaired) electrons. The lowest BCUT2D eigenvalue weighted by Gasteiger charge is -2.16. The van der Waals surface area contributed by atoms with Crippen LogP contribution in [-0.4, -0.2) is 11.3 Å². The smallest absolute Gasteiger partial charge is 0.370 e. The molecule has 0 saturated heterocycles. The van der Waals surface area contributed by atoms with Crippen LogP contribution in [-0.2, 0) is 30.3 Å². The average molecular weight is 363 g/mol. The topological polar surface area (TPSA) is 39.2 Å². The van der Waals surface area contributed by atoms with Gasteiger partial charge in [0.05, 0.1) is 30.0 Å². The Morgan fingerprint density at radius 3 is 2.28 bits per heavy atom. The number of pyridine rings is 1. The molecule has 0 fully saturated rings. The highest BCUT2D eigenvalue weighted by Crippen LogP contribution is 2.36. The van der Waals surface area contributed by atoms with E-state index in [1.807, 2.05) is 0 Å². The molecule has 1 heterocycles. The monoisotopic (exact) mass is 363 g/mol. The summed E-state index contributed by atoms with van der Waals surface area (Å²) in [6, 6.07) is 5.57. The van der Waals surface area contributed by atoms with Crippen LogP contribution >= 0.6 is 0 Å². The summed E-state index contributed by atoms with van der Waals surface area (Å²) in [4.78, 5) is 14.5. The number of carbonyl (C=O) groups is 1. The van der Waals surface area contributed by atoms with Gasteiger partial charge in [-0.15, -0.1) is 0 Å². The minimum atomic E-state index is -4.81. The van der Waals surface area contributed by atoms with Gasteiger partial charge in [-0.05, 0) is 35.9 Å². The quantitative estimate of drug-likeness (QED) is 0.574. The predicted molar refractivity (Wildman–Crippen MR) is 74.6 cm³/mol. The van der Waals surface area contributed by atoms with Gasteiger partial charge < -0.3 is 4.74 Å². The second-order valence-electron chi connectivity index (χ2n) is 5.03. The molecule has 134 valence electrons. The average Bonchev–Trinajstić information content (AvgIpc) is 2.53. The van der Waals surface area contributed by atoms with Gasteiger partial charge in [0.15, 0.2) is 6.29 Å². The Labute approximate surface area is 138 Å². The first-order valence-electron chi connectivity index (χ1n) is 6.87. The molecule has 1 aromatic carbocycles. The van der Waals surface area contributed by atoms with Gasteiger partial charge in [-0.3, -0.25) is 4.79 Å². The Balaban J connectivity index is 2.19. The van der Waals surface area contributed by atoms with Crippen molar-refractivity contribution in [2.45, 2.75) is 25.6 Å². The van der Waals surface area contributed by atoms with E-state index in [0.29, 0.717) is 24.5 Å². The molecule has 0 N–H and O–H groups in total. The summed E-state index contributed by atoms with van der Waals surface area (Å²) >= 11 is 0. The van der Waals surface area contributed by atoms with Crippen molar-refractivity contribution in [1.29, 1.82) is 0 Å². The van der Waals surface area contributed by atoms with Gasteiger partial charge in [0.2, 0.25) is 0 Å². The second-order valence-corrected chi connectivity index (χ2v) is 5.03. The van der Waals surface area contributed by atoms with Gasteiger partial charge in [-0.1, -0.05) is 6.07 Å². The van der Waals surface area contributed by atoms with Gasteiger partial charge in [0.25, 0.3) is 0 Å². The minimum absolute atomic E-state index is 0.108. The number of benzene rings is 1. The molecular weight excluding hydrogens is 352 g/mol. The third kappa shape index (κ3) is 5.02. The van der Waals surface area contributed by atoms with Crippen LogP contribution in [0.2, 0.25) is 0 Å². The minimum Gasteiger partial charge on any atom is -0.370 e. The summed E-state index contributed by atoms with van der Waals surface area (Å²) in [5.41, 5.74) is -2.65. The number of ether oxygens (including phenoxy) is 1. The van der Waals surface area contributed by atoms with E-state index in [2.05, 4.69) is 4.98 Å². The number of hydrogen-bond donors (Lipinski definition) is 0. The molecule has 0 spiro atoms. The summed E-state index contributed by atoms with van der Waals surface area (Å²) in [5.74, 6) is 0. The first-order chi connectivity index (χ1) is 11.6. The highest BCUT2D eigenvalue weighted by atomic mass is 19.4. The number of aromatic nitrogens is 1. The number of hydrogen-bond acceptors (Lipinski definition) is 3. The van der Waals surface area contributed by atoms with Crippen LogP contribution in [0.15, 0.2) is 36.4 Å². The number of halogens is 6. The highest BCUT2D eigenvalue weighted by molar-refractivity contribution is 5.71. The van der Waals surface area contributed by atoms with Gasteiger partial charge in [0, 0.05) is 0 Å². The van der Waals surface area contributed by atoms with E-state index >= 15 is 0 Å². The maximum atomic E-state index is 12.9. The summed E-state index contributed by atoms with van der Waals surface area (Å²) < 4.78 is 82.0. The van der Waals surface area contributed by atoms with Crippen LogP contribution in [0.3, 0.4) is 0 Å². The molecular formula is C16H11F6NO2. The number of aldehydes is 1. The van der Waals surface area contributed by atoms with E-state index in [-0.39, 0.29) is 18.0 Å². The summed E-state index contributed by atoms with van der Waals surface area (Å²) in [5, 5.41) is 0. The van der Waals surface area contributed by atoms with E-state index < -0.39 is 35.6 Å². The molecule has 0 aliphatic carbocycles. The maximum Gasteiger partial charge on any atom is 0.416 e. The second kappa shape index (κ2) is 7.22. The molecule has 0 atom stereocenters. The summed E-state index contributed by atoms with van der Waals surface area (Å²) in [7, 11) is 0. The van der Waals surface area contributed by atoms with Gasteiger partial charge >= 0.3 is 12.4 Å². The van der Waals surface area contributed by atoms with Crippen LogP contribution in [0, 0.1) is 0 Å². The number of carbonyl (C=O) groups excluding carboxylic acids is 1. The van der Waals surface area contributed by atoms with Crippen molar-refractivity contribution in [2.24, 2.45) is 0 Å². The number of rotatable bonds is 5. The largest absolute Gasteiger partial charge is 0.416 e. The normalized spacial score (nSPS) is 12.2. The highest BCUT2D eigenvalue weighted by Gasteiger charge is 2.36. The van der Waals surface area contributed by atoms with Crippen LogP contribution in [0.1, 0.15) is 32.9 Å². The van der Waals surface area contributed by atoms with Gasteiger partial charge in [-0.25, -0.2) is 4.98 Å². The van der Waals surface area contributed by atoms with Crippen molar-refractivity contribution >= 4 is 6.29 Å². The van der Waals surface area contributed by atoms with E-state index in [0.717, 1.165) is 0 Å². The maximum absolute atomic E-state index is 12.9. The third-order valence-corrected chi connectivity index (χ3v) is 3.19. The molecule has 9 heteroatoms. The predicted octanol–water partition coefficient (Wildman–Crippen LogP) is 4.65. The van der Waals surface area contributed by atoms with Crippen LogP contribution in [0.4, 0.5) is 26.3 Å². The molecule has 0 amide bonds. The molecule has 1 aromatic heterocycles. The van der Waals surface area contributed by atoms with Crippen LogP contribution in [0.25, 0.3) is 0 Å². The van der Waals surface area contributed by atoms with E-state index in [1.54, 1.807) is 0 Å². The Morgan fingerprint density at radius 2 is 1.68 bits per heavy atom. The van der Waals surface area contributed by atoms with Crippen molar-refractivity contribution in [3.8, 4) is 0 Å². The Morgan fingerprint density at radius 1 is 0.960 bits per heavy atom. The Kier molecular flexibility index (Phi) is 5.46. The SMILES string of the molecule is O=Cc1cccc(COCc2cc(C(F)(F)F)ccc2C(F)(F)F)n1. The van der Waals surface area contributed by atoms with Crippen molar-refractivity contribution in [2.75, 3.05) is 0 Å². The molecule has 3 nitrogen and oxygen atoms in total. The molecule has 2 aromatic rings. The summed E-state index contributed by atoms with van der Waals surface area (Å²) in [6.07, 6.45) is -9.09. The standard InChI is InChI=1S/C16H11F6NO2/c17-15(18,19)11-4-5-14(16(20,21)22)10(6-11)8-25-9-13-3-1-2-12(7-24)23-13/h1-7H,8-9H2.